The Labute approximate surface area is 174 Å². The SMILES string of the molecule is CC1CCN(c2ncc(CN(C)Cc3ccccc3N3CCOCC3)cn2)CC1. The lowest BCUT2D eigenvalue weighted by atomic mass is 10.00. The lowest BCUT2D eigenvalue weighted by Crippen LogP contribution is -2.37. The number of para-hydroxylation sites is 1. The average Bonchev–Trinajstić information content (AvgIpc) is 2.76. The third-order valence-corrected chi connectivity index (χ3v) is 5.99. The van der Waals surface area contributed by atoms with E-state index in [4.69, 9.17) is 4.74 Å². The zero-order chi connectivity index (χ0) is 20.1. The molecule has 0 atom stereocenters. The Kier molecular flexibility index (Phi) is 6.62. The van der Waals surface area contributed by atoms with Crippen molar-refractivity contribution in [3.8, 4) is 0 Å². The van der Waals surface area contributed by atoms with Gasteiger partial charge in [0.05, 0.1) is 13.2 Å². The van der Waals surface area contributed by atoms with E-state index in [0.717, 1.165) is 69.9 Å². The molecule has 0 aliphatic carbocycles. The topological polar surface area (TPSA) is 44.7 Å². The number of hydrogen-bond donors (Lipinski definition) is 0. The molecule has 6 nitrogen and oxygen atoms in total. The number of aromatic nitrogens is 2. The number of nitrogens with zero attached hydrogens (tertiary/aromatic N) is 5. The summed E-state index contributed by atoms with van der Waals surface area (Å²) in [5.74, 6) is 1.69. The highest BCUT2D eigenvalue weighted by Crippen LogP contribution is 2.23. The number of piperidine rings is 1. The quantitative estimate of drug-likeness (QED) is 0.749. The minimum absolute atomic E-state index is 0.809. The fraction of sp³-hybridized carbons (Fsp3) is 0.565. The van der Waals surface area contributed by atoms with Crippen LogP contribution in [0.4, 0.5) is 11.6 Å². The molecule has 0 spiro atoms. The van der Waals surface area contributed by atoms with Crippen LogP contribution in [0.2, 0.25) is 0 Å². The molecule has 156 valence electrons. The average molecular weight is 396 g/mol. The van der Waals surface area contributed by atoms with Gasteiger partial charge < -0.3 is 14.5 Å². The summed E-state index contributed by atoms with van der Waals surface area (Å²) in [7, 11) is 2.16. The standard InChI is InChI=1S/C23H33N5O/c1-19-7-9-28(10-8-19)23-24-15-20(16-25-23)17-26(2)18-21-5-3-4-6-22(21)27-11-13-29-14-12-27/h3-6,15-16,19H,7-14,17-18H2,1-2H3. The van der Waals surface area contributed by atoms with E-state index >= 15 is 0 Å². The molecule has 0 unspecified atom stereocenters. The van der Waals surface area contributed by atoms with Crippen molar-refractivity contribution in [3.63, 3.8) is 0 Å². The minimum atomic E-state index is 0.809. The first-order valence-corrected chi connectivity index (χ1v) is 10.8. The molecule has 1 aromatic carbocycles. The predicted molar refractivity (Wildman–Crippen MR) is 117 cm³/mol. The first-order chi connectivity index (χ1) is 14.2. The molecule has 2 saturated heterocycles. The van der Waals surface area contributed by atoms with E-state index in [1.165, 1.54) is 24.1 Å². The zero-order valence-corrected chi connectivity index (χ0v) is 17.8. The lowest BCUT2D eigenvalue weighted by Gasteiger charge is -2.31. The van der Waals surface area contributed by atoms with E-state index in [0.29, 0.717) is 0 Å². The third kappa shape index (κ3) is 5.25. The second kappa shape index (κ2) is 9.55. The van der Waals surface area contributed by atoms with Crippen molar-refractivity contribution in [1.29, 1.82) is 0 Å². The maximum absolute atomic E-state index is 5.51. The van der Waals surface area contributed by atoms with E-state index in [1.807, 2.05) is 12.4 Å². The second-order valence-corrected chi connectivity index (χ2v) is 8.46. The Hall–Kier alpha value is -2.18. The van der Waals surface area contributed by atoms with E-state index in [2.05, 4.69) is 62.9 Å². The molecule has 0 amide bonds. The molecule has 0 bridgehead atoms. The van der Waals surface area contributed by atoms with Gasteiger partial charge in [-0.25, -0.2) is 9.97 Å². The van der Waals surface area contributed by atoms with Crippen LogP contribution in [0.5, 0.6) is 0 Å². The summed E-state index contributed by atoms with van der Waals surface area (Å²) in [6.45, 7) is 9.75. The van der Waals surface area contributed by atoms with Crippen molar-refractivity contribution in [2.24, 2.45) is 5.92 Å². The molecule has 0 radical (unpaired) electrons. The summed E-state index contributed by atoms with van der Waals surface area (Å²) in [4.78, 5) is 16.4. The van der Waals surface area contributed by atoms with Gasteiger partial charge in [-0.3, -0.25) is 4.90 Å². The van der Waals surface area contributed by atoms with Gasteiger partial charge in [-0.05, 0) is 37.4 Å². The summed E-state index contributed by atoms with van der Waals surface area (Å²) in [5, 5.41) is 0. The van der Waals surface area contributed by atoms with E-state index in [-0.39, 0.29) is 0 Å². The Morgan fingerprint density at radius 2 is 1.66 bits per heavy atom. The van der Waals surface area contributed by atoms with Crippen LogP contribution in [0, 0.1) is 5.92 Å². The van der Waals surface area contributed by atoms with Crippen molar-refractivity contribution in [1.82, 2.24) is 14.9 Å². The van der Waals surface area contributed by atoms with E-state index in [1.54, 1.807) is 0 Å². The fourth-order valence-corrected chi connectivity index (χ4v) is 4.22. The van der Waals surface area contributed by atoms with Crippen LogP contribution in [0.1, 0.15) is 30.9 Å². The molecule has 2 aliphatic heterocycles. The van der Waals surface area contributed by atoms with Crippen LogP contribution in [-0.2, 0) is 17.8 Å². The van der Waals surface area contributed by atoms with Gasteiger partial charge >= 0.3 is 0 Å². The minimum Gasteiger partial charge on any atom is -0.378 e. The van der Waals surface area contributed by atoms with E-state index in [9.17, 15) is 0 Å². The Morgan fingerprint density at radius 3 is 2.38 bits per heavy atom. The van der Waals surface area contributed by atoms with Crippen LogP contribution >= 0.6 is 0 Å². The summed E-state index contributed by atoms with van der Waals surface area (Å²) in [6.07, 6.45) is 6.45. The number of morpholine rings is 1. The summed E-state index contributed by atoms with van der Waals surface area (Å²) < 4.78 is 5.51. The number of ether oxygens (including phenoxy) is 1. The molecule has 0 saturated carbocycles. The monoisotopic (exact) mass is 395 g/mol. The van der Waals surface area contributed by atoms with E-state index < -0.39 is 0 Å². The highest BCUT2D eigenvalue weighted by atomic mass is 16.5. The highest BCUT2D eigenvalue weighted by Gasteiger charge is 2.18. The zero-order valence-electron chi connectivity index (χ0n) is 17.8. The Morgan fingerprint density at radius 1 is 0.966 bits per heavy atom. The van der Waals surface area contributed by atoms with Crippen LogP contribution in [-0.4, -0.2) is 61.3 Å². The summed E-state index contributed by atoms with van der Waals surface area (Å²) >= 11 is 0. The van der Waals surface area contributed by atoms with Gasteiger partial charge in [-0.15, -0.1) is 0 Å². The van der Waals surface area contributed by atoms with Crippen molar-refractivity contribution in [2.45, 2.75) is 32.9 Å². The number of benzene rings is 1. The summed E-state index contributed by atoms with van der Waals surface area (Å²) in [6, 6.07) is 8.72. The number of anilines is 2. The van der Waals surface area contributed by atoms with Crippen LogP contribution in [0.15, 0.2) is 36.7 Å². The van der Waals surface area contributed by atoms with Crippen LogP contribution < -0.4 is 9.80 Å². The van der Waals surface area contributed by atoms with Gasteiger partial charge in [0.15, 0.2) is 0 Å². The molecular formula is C23H33N5O. The molecular weight excluding hydrogens is 362 g/mol. The molecule has 3 heterocycles. The molecule has 29 heavy (non-hydrogen) atoms. The van der Waals surface area contributed by atoms with Crippen molar-refractivity contribution in [2.75, 3.05) is 56.2 Å². The van der Waals surface area contributed by atoms with Gasteiger partial charge in [0.1, 0.15) is 0 Å². The first-order valence-electron chi connectivity index (χ1n) is 10.8. The maximum atomic E-state index is 5.51. The molecule has 1 aromatic heterocycles. The highest BCUT2D eigenvalue weighted by molar-refractivity contribution is 5.54. The number of hydrogen-bond acceptors (Lipinski definition) is 6. The molecule has 2 fully saturated rings. The van der Waals surface area contributed by atoms with Gasteiger partial charge in [0, 0.05) is 62.9 Å². The third-order valence-electron chi connectivity index (χ3n) is 5.99. The molecule has 2 aliphatic rings. The van der Waals surface area contributed by atoms with Gasteiger partial charge in [0.25, 0.3) is 0 Å². The van der Waals surface area contributed by atoms with Crippen LogP contribution in [0.3, 0.4) is 0 Å². The van der Waals surface area contributed by atoms with Gasteiger partial charge in [-0.2, -0.15) is 0 Å². The Bertz CT molecular complexity index is 767. The number of rotatable bonds is 6. The largest absolute Gasteiger partial charge is 0.378 e. The molecule has 2 aromatic rings. The lowest BCUT2D eigenvalue weighted by molar-refractivity contribution is 0.122. The first kappa shape index (κ1) is 20.1. The van der Waals surface area contributed by atoms with Crippen molar-refractivity contribution < 1.29 is 4.74 Å². The summed E-state index contributed by atoms with van der Waals surface area (Å²) in [5.41, 5.74) is 3.84. The van der Waals surface area contributed by atoms with Crippen molar-refractivity contribution in [3.05, 3.63) is 47.8 Å². The second-order valence-electron chi connectivity index (χ2n) is 8.46. The molecule has 4 rings (SSSR count). The van der Waals surface area contributed by atoms with Gasteiger partial charge in [0.2, 0.25) is 5.95 Å². The Balaban J connectivity index is 1.36. The fourth-order valence-electron chi connectivity index (χ4n) is 4.22. The smallest absolute Gasteiger partial charge is 0.225 e. The van der Waals surface area contributed by atoms with Gasteiger partial charge in [-0.1, -0.05) is 25.1 Å². The molecule has 0 N–H and O–H groups in total. The normalized spacial score (nSPS) is 18.4. The predicted octanol–water partition coefficient (Wildman–Crippen LogP) is 3.18. The van der Waals surface area contributed by atoms with Crippen LogP contribution in [0.25, 0.3) is 0 Å². The van der Waals surface area contributed by atoms with Crippen molar-refractivity contribution >= 4 is 11.6 Å². The molecule has 6 heteroatoms. The maximum Gasteiger partial charge on any atom is 0.225 e.